The lowest BCUT2D eigenvalue weighted by molar-refractivity contribution is -0.149. The van der Waals surface area contributed by atoms with Crippen LogP contribution < -0.4 is 4.74 Å². The number of carbonyl (C=O) groups is 1. The molecule has 3 unspecified atom stereocenters. The highest BCUT2D eigenvalue weighted by molar-refractivity contribution is 5.78. The second-order valence-corrected chi connectivity index (χ2v) is 4.41. The summed E-state index contributed by atoms with van der Waals surface area (Å²) in [4.78, 5) is 11.7. The minimum absolute atomic E-state index is 0.0572. The molecule has 1 saturated heterocycles. The number of epoxide rings is 1. The van der Waals surface area contributed by atoms with Gasteiger partial charge in [0.2, 0.25) is 0 Å². The Morgan fingerprint density at radius 3 is 2.61 bits per heavy atom. The van der Waals surface area contributed by atoms with E-state index in [4.69, 9.17) is 14.2 Å². The van der Waals surface area contributed by atoms with Crippen LogP contribution in [0.5, 0.6) is 5.75 Å². The monoisotopic (exact) mass is 250 g/mol. The largest absolute Gasteiger partial charge is 0.497 e. The predicted octanol–water partition coefficient (Wildman–Crippen LogP) is 2.48. The first-order chi connectivity index (χ1) is 8.65. The third-order valence-corrected chi connectivity index (χ3v) is 3.06. The molecule has 0 amide bonds. The van der Waals surface area contributed by atoms with Gasteiger partial charge in [0.25, 0.3) is 0 Å². The van der Waals surface area contributed by atoms with Crippen LogP contribution in [0.15, 0.2) is 24.3 Å². The summed E-state index contributed by atoms with van der Waals surface area (Å²) in [5.74, 6) is 0.517. The average molecular weight is 250 g/mol. The quantitative estimate of drug-likeness (QED) is 0.595. The zero-order valence-corrected chi connectivity index (χ0v) is 10.9. The van der Waals surface area contributed by atoms with E-state index in [1.807, 2.05) is 38.1 Å². The highest BCUT2D eigenvalue weighted by Crippen LogP contribution is 2.40. The van der Waals surface area contributed by atoms with Crippen molar-refractivity contribution in [3.63, 3.8) is 0 Å². The van der Waals surface area contributed by atoms with Gasteiger partial charge in [0, 0.05) is 0 Å². The highest BCUT2D eigenvalue weighted by Gasteiger charge is 2.47. The number of methoxy groups -OCH3 is 1. The van der Waals surface area contributed by atoms with Crippen molar-refractivity contribution < 1.29 is 19.0 Å². The van der Waals surface area contributed by atoms with Gasteiger partial charge in [0.05, 0.1) is 13.2 Å². The molecule has 0 spiro atoms. The van der Waals surface area contributed by atoms with Gasteiger partial charge in [-0.15, -0.1) is 0 Å². The van der Waals surface area contributed by atoms with E-state index in [0.29, 0.717) is 0 Å². The highest BCUT2D eigenvalue weighted by atomic mass is 16.6. The van der Waals surface area contributed by atoms with Crippen LogP contribution in [0.1, 0.15) is 31.9 Å². The smallest absolute Gasteiger partial charge is 0.338 e. The van der Waals surface area contributed by atoms with E-state index in [1.54, 1.807) is 7.11 Å². The molecule has 0 saturated carbocycles. The van der Waals surface area contributed by atoms with Gasteiger partial charge in [-0.25, -0.2) is 4.79 Å². The lowest BCUT2D eigenvalue weighted by Crippen LogP contribution is -2.18. The minimum Gasteiger partial charge on any atom is -0.497 e. The SMILES string of the molecule is CCC(C)OC(=O)C1OC1c1ccc(OC)cc1. The average Bonchev–Trinajstić information content (AvgIpc) is 3.19. The Balaban J connectivity index is 1.91. The van der Waals surface area contributed by atoms with Crippen molar-refractivity contribution in [1.82, 2.24) is 0 Å². The third-order valence-electron chi connectivity index (χ3n) is 3.06. The molecule has 0 aromatic heterocycles. The fourth-order valence-corrected chi connectivity index (χ4v) is 1.69. The molecule has 4 heteroatoms. The molecule has 1 heterocycles. The molecule has 0 aliphatic carbocycles. The van der Waals surface area contributed by atoms with Gasteiger partial charge in [0.15, 0.2) is 6.10 Å². The van der Waals surface area contributed by atoms with Crippen molar-refractivity contribution in [3.05, 3.63) is 29.8 Å². The number of rotatable bonds is 5. The van der Waals surface area contributed by atoms with E-state index in [9.17, 15) is 4.79 Å². The summed E-state index contributed by atoms with van der Waals surface area (Å²) in [7, 11) is 1.62. The Bertz CT molecular complexity index is 412. The molecule has 2 rings (SSSR count). The summed E-state index contributed by atoms with van der Waals surface area (Å²) in [6.07, 6.45) is 0.129. The second-order valence-electron chi connectivity index (χ2n) is 4.41. The summed E-state index contributed by atoms with van der Waals surface area (Å²) in [5.41, 5.74) is 0.974. The maximum atomic E-state index is 11.7. The van der Waals surface area contributed by atoms with Crippen molar-refractivity contribution in [2.45, 2.75) is 38.6 Å². The fourth-order valence-electron chi connectivity index (χ4n) is 1.69. The summed E-state index contributed by atoms with van der Waals surface area (Å²) in [6, 6.07) is 7.52. The summed E-state index contributed by atoms with van der Waals surface area (Å²) in [5, 5.41) is 0. The first-order valence-corrected chi connectivity index (χ1v) is 6.15. The molecule has 0 radical (unpaired) electrons. The Morgan fingerprint density at radius 1 is 1.39 bits per heavy atom. The minimum atomic E-state index is -0.451. The Kier molecular flexibility index (Phi) is 3.87. The molecular formula is C14H18O4. The van der Waals surface area contributed by atoms with Gasteiger partial charge in [-0.2, -0.15) is 0 Å². The van der Waals surface area contributed by atoms with Gasteiger partial charge in [0.1, 0.15) is 11.9 Å². The first kappa shape index (κ1) is 12.9. The molecule has 1 aliphatic heterocycles. The van der Waals surface area contributed by atoms with Gasteiger partial charge >= 0.3 is 5.97 Å². The van der Waals surface area contributed by atoms with Crippen molar-refractivity contribution >= 4 is 5.97 Å². The van der Waals surface area contributed by atoms with E-state index in [0.717, 1.165) is 17.7 Å². The lowest BCUT2D eigenvalue weighted by atomic mass is 10.1. The van der Waals surface area contributed by atoms with Gasteiger partial charge in [-0.1, -0.05) is 19.1 Å². The molecule has 98 valence electrons. The summed E-state index contributed by atoms with van der Waals surface area (Å²) in [6.45, 7) is 3.86. The number of ether oxygens (including phenoxy) is 3. The van der Waals surface area contributed by atoms with Crippen LogP contribution in [0.3, 0.4) is 0 Å². The Labute approximate surface area is 107 Å². The predicted molar refractivity (Wildman–Crippen MR) is 66.5 cm³/mol. The number of benzene rings is 1. The van der Waals surface area contributed by atoms with Crippen LogP contribution >= 0.6 is 0 Å². The molecule has 1 aromatic carbocycles. The molecule has 1 aliphatic rings. The van der Waals surface area contributed by atoms with Crippen LogP contribution in [0.25, 0.3) is 0 Å². The van der Waals surface area contributed by atoms with Gasteiger partial charge < -0.3 is 14.2 Å². The maximum absolute atomic E-state index is 11.7. The fraction of sp³-hybridized carbons (Fsp3) is 0.500. The lowest BCUT2D eigenvalue weighted by Gasteiger charge is -2.08. The van der Waals surface area contributed by atoms with Crippen LogP contribution in [0, 0.1) is 0 Å². The van der Waals surface area contributed by atoms with Crippen LogP contribution in [0.4, 0.5) is 0 Å². The number of hydrogen-bond acceptors (Lipinski definition) is 4. The van der Waals surface area contributed by atoms with Crippen LogP contribution in [0.2, 0.25) is 0 Å². The topological polar surface area (TPSA) is 48.1 Å². The number of carbonyl (C=O) groups excluding carboxylic acids is 1. The van der Waals surface area contributed by atoms with E-state index < -0.39 is 6.10 Å². The van der Waals surface area contributed by atoms with E-state index in [1.165, 1.54) is 0 Å². The summed E-state index contributed by atoms with van der Waals surface area (Å²) >= 11 is 0. The second kappa shape index (κ2) is 5.40. The molecular weight excluding hydrogens is 232 g/mol. The molecule has 18 heavy (non-hydrogen) atoms. The third kappa shape index (κ3) is 2.82. The van der Waals surface area contributed by atoms with Crippen LogP contribution in [-0.4, -0.2) is 25.3 Å². The number of esters is 1. The van der Waals surface area contributed by atoms with Crippen molar-refractivity contribution in [2.24, 2.45) is 0 Å². The van der Waals surface area contributed by atoms with E-state index in [-0.39, 0.29) is 18.2 Å². The van der Waals surface area contributed by atoms with Crippen molar-refractivity contribution in [2.75, 3.05) is 7.11 Å². The molecule has 0 bridgehead atoms. The molecule has 1 aromatic rings. The standard InChI is InChI=1S/C14H18O4/c1-4-9(2)17-14(15)13-12(18-13)10-5-7-11(16-3)8-6-10/h5-9,12-13H,4H2,1-3H3. The zero-order chi connectivity index (χ0) is 13.1. The van der Waals surface area contributed by atoms with E-state index in [2.05, 4.69) is 0 Å². The van der Waals surface area contributed by atoms with E-state index >= 15 is 0 Å². The van der Waals surface area contributed by atoms with Crippen molar-refractivity contribution in [1.29, 1.82) is 0 Å². The first-order valence-electron chi connectivity index (χ1n) is 6.15. The molecule has 3 atom stereocenters. The van der Waals surface area contributed by atoms with Crippen molar-refractivity contribution in [3.8, 4) is 5.75 Å². The Morgan fingerprint density at radius 2 is 2.06 bits per heavy atom. The molecule has 0 N–H and O–H groups in total. The number of hydrogen-bond donors (Lipinski definition) is 0. The molecule has 4 nitrogen and oxygen atoms in total. The zero-order valence-electron chi connectivity index (χ0n) is 10.9. The Hall–Kier alpha value is -1.55. The normalized spacial score (nSPS) is 23.3. The molecule has 1 fully saturated rings. The maximum Gasteiger partial charge on any atom is 0.338 e. The van der Waals surface area contributed by atoms with Crippen LogP contribution in [-0.2, 0) is 14.3 Å². The van der Waals surface area contributed by atoms with Gasteiger partial charge in [-0.3, -0.25) is 0 Å². The van der Waals surface area contributed by atoms with Gasteiger partial charge in [-0.05, 0) is 31.0 Å². The summed E-state index contributed by atoms with van der Waals surface area (Å²) < 4.78 is 15.7.